The molecule has 0 bridgehead atoms. The average Bonchev–Trinajstić information content (AvgIpc) is 3.11. The summed E-state index contributed by atoms with van der Waals surface area (Å²) in [6.45, 7) is 3.85. The van der Waals surface area contributed by atoms with Crippen molar-refractivity contribution in [2.24, 2.45) is 5.16 Å². The summed E-state index contributed by atoms with van der Waals surface area (Å²) in [5.74, 6) is -0.382. The lowest BCUT2D eigenvalue weighted by molar-refractivity contribution is 0.0525. The van der Waals surface area contributed by atoms with Crippen molar-refractivity contribution in [3.8, 4) is 5.69 Å². The Morgan fingerprint density at radius 3 is 3.09 bits per heavy atom. The highest BCUT2D eigenvalue weighted by molar-refractivity contribution is 5.99. The van der Waals surface area contributed by atoms with Crippen LogP contribution in [0.25, 0.3) is 16.6 Å². The van der Waals surface area contributed by atoms with Crippen molar-refractivity contribution in [1.29, 1.82) is 0 Å². The van der Waals surface area contributed by atoms with E-state index in [1.54, 1.807) is 30.9 Å². The highest BCUT2D eigenvalue weighted by Crippen LogP contribution is 2.21. The van der Waals surface area contributed by atoms with E-state index in [9.17, 15) is 4.79 Å². The third-order valence-electron chi connectivity index (χ3n) is 3.55. The molecule has 2 aromatic heterocycles. The van der Waals surface area contributed by atoms with Crippen LogP contribution in [0.1, 0.15) is 28.5 Å². The number of carbonyl (C=O) groups excluding carboxylic acids is 1. The molecule has 0 aliphatic rings. The molecule has 7 heteroatoms. The SMILES string of the molecule is CCOC(=O)c1cn(-c2ccc3[nH]cc(C=NO)c3c2)nc1C. The molecule has 3 aromatic rings. The molecule has 23 heavy (non-hydrogen) atoms. The van der Waals surface area contributed by atoms with Gasteiger partial charge in [0.05, 0.1) is 24.2 Å². The molecule has 0 atom stereocenters. The topological polar surface area (TPSA) is 92.5 Å². The number of nitrogens with zero attached hydrogens (tertiary/aromatic N) is 3. The summed E-state index contributed by atoms with van der Waals surface area (Å²) in [5, 5.41) is 17.1. The molecule has 2 N–H and O–H groups in total. The minimum absolute atomic E-state index is 0.322. The first-order chi connectivity index (χ1) is 11.1. The fourth-order valence-corrected chi connectivity index (χ4v) is 2.44. The van der Waals surface area contributed by atoms with Crippen LogP contribution in [0.4, 0.5) is 0 Å². The van der Waals surface area contributed by atoms with Gasteiger partial charge in [-0.05, 0) is 32.0 Å². The van der Waals surface area contributed by atoms with Gasteiger partial charge < -0.3 is 14.9 Å². The number of ether oxygens (including phenoxy) is 1. The van der Waals surface area contributed by atoms with Crippen LogP contribution in [-0.4, -0.2) is 38.8 Å². The Labute approximate surface area is 132 Å². The summed E-state index contributed by atoms with van der Waals surface area (Å²) in [4.78, 5) is 15.0. The van der Waals surface area contributed by atoms with Gasteiger partial charge in [-0.1, -0.05) is 5.16 Å². The van der Waals surface area contributed by atoms with Gasteiger partial charge in [0, 0.05) is 28.9 Å². The number of fused-ring (bicyclic) bond motifs is 1. The summed E-state index contributed by atoms with van der Waals surface area (Å²) < 4.78 is 6.66. The first kappa shape index (κ1) is 14.8. The summed E-state index contributed by atoms with van der Waals surface area (Å²) in [6, 6.07) is 5.70. The van der Waals surface area contributed by atoms with Gasteiger partial charge in [-0.25, -0.2) is 9.48 Å². The van der Waals surface area contributed by atoms with E-state index in [1.807, 2.05) is 18.2 Å². The van der Waals surface area contributed by atoms with Crippen molar-refractivity contribution in [3.63, 3.8) is 0 Å². The van der Waals surface area contributed by atoms with Crippen LogP contribution in [0.3, 0.4) is 0 Å². The molecule has 0 spiro atoms. The van der Waals surface area contributed by atoms with Gasteiger partial charge in [-0.2, -0.15) is 5.10 Å². The Balaban J connectivity index is 2.05. The van der Waals surface area contributed by atoms with Gasteiger partial charge in [0.2, 0.25) is 0 Å². The number of hydrogen-bond acceptors (Lipinski definition) is 5. The van der Waals surface area contributed by atoms with Crippen LogP contribution in [0.5, 0.6) is 0 Å². The molecule has 0 radical (unpaired) electrons. The van der Waals surface area contributed by atoms with Gasteiger partial charge in [0.15, 0.2) is 0 Å². The van der Waals surface area contributed by atoms with Gasteiger partial charge in [-0.15, -0.1) is 0 Å². The van der Waals surface area contributed by atoms with E-state index >= 15 is 0 Å². The summed E-state index contributed by atoms with van der Waals surface area (Å²) in [5.41, 5.74) is 3.52. The lowest BCUT2D eigenvalue weighted by Crippen LogP contribution is -2.04. The third-order valence-corrected chi connectivity index (χ3v) is 3.55. The number of H-pyrrole nitrogens is 1. The largest absolute Gasteiger partial charge is 0.462 e. The van der Waals surface area contributed by atoms with Crippen LogP contribution in [-0.2, 0) is 4.74 Å². The summed E-state index contributed by atoms with van der Waals surface area (Å²) in [7, 11) is 0. The monoisotopic (exact) mass is 312 g/mol. The quantitative estimate of drug-likeness (QED) is 0.335. The number of esters is 1. The zero-order chi connectivity index (χ0) is 16.4. The van der Waals surface area contributed by atoms with Crippen molar-refractivity contribution in [1.82, 2.24) is 14.8 Å². The number of hydrogen-bond donors (Lipinski definition) is 2. The van der Waals surface area contributed by atoms with E-state index in [1.165, 1.54) is 6.21 Å². The highest BCUT2D eigenvalue weighted by Gasteiger charge is 2.15. The summed E-state index contributed by atoms with van der Waals surface area (Å²) in [6.07, 6.45) is 4.77. The predicted octanol–water partition coefficient (Wildman–Crippen LogP) is 2.65. The Bertz CT molecular complexity index is 892. The lowest BCUT2D eigenvalue weighted by atomic mass is 10.1. The van der Waals surface area contributed by atoms with E-state index < -0.39 is 0 Å². The lowest BCUT2D eigenvalue weighted by Gasteiger charge is -2.02. The second kappa shape index (κ2) is 5.96. The number of nitrogens with one attached hydrogen (secondary N) is 1. The fraction of sp³-hybridized carbons (Fsp3) is 0.188. The molecule has 0 aliphatic carbocycles. The number of aryl methyl sites for hydroxylation is 1. The van der Waals surface area contributed by atoms with Crippen LogP contribution in [0.2, 0.25) is 0 Å². The molecule has 0 saturated carbocycles. The Hall–Kier alpha value is -3.09. The predicted molar refractivity (Wildman–Crippen MR) is 85.5 cm³/mol. The molecular formula is C16H16N4O3. The van der Waals surface area contributed by atoms with Gasteiger partial charge in [-0.3, -0.25) is 0 Å². The maximum Gasteiger partial charge on any atom is 0.341 e. The minimum atomic E-state index is -0.382. The molecular weight excluding hydrogens is 296 g/mol. The van der Waals surface area contributed by atoms with Gasteiger partial charge in [0.1, 0.15) is 5.56 Å². The molecule has 0 saturated heterocycles. The summed E-state index contributed by atoms with van der Waals surface area (Å²) >= 11 is 0. The van der Waals surface area contributed by atoms with Crippen molar-refractivity contribution < 1.29 is 14.7 Å². The zero-order valence-electron chi connectivity index (χ0n) is 12.8. The maximum atomic E-state index is 11.9. The second-order valence-electron chi connectivity index (χ2n) is 5.01. The third kappa shape index (κ3) is 2.68. The number of carbonyl (C=O) groups is 1. The van der Waals surface area contributed by atoms with Crippen LogP contribution >= 0.6 is 0 Å². The number of oxime groups is 1. The zero-order valence-corrected chi connectivity index (χ0v) is 12.8. The molecule has 0 aliphatic heterocycles. The molecule has 0 amide bonds. The molecule has 3 rings (SSSR count). The minimum Gasteiger partial charge on any atom is -0.462 e. The Kier molecular flexibility index (Phi) is 3.84. The average molecular weight is 312 g/mol. The van der Waals surface area contributed by atoms with Crippen molar-refractivity contribution in [2.75, 3.05) is 6.61 Å². The number of aromatic nitrogens is 3. The van der Waals surface area contributed by atoms with E-state index in [-0.39, 0.29) is 5.97 Å². The smallest absolute Gasteiger partial charge is 0.341 e. The first-order valence-corrected chi connectivity index (χ1v) is 7.16. The van der Waals surface area contributed by atoms with E-state index in [2.05, 4.69) is 15.2 Å². The number of benzene rings is 1. The van der Waals surface area contributed by atoms with Gasteiger partial charge >= 0.3 is 5.97 Å². The normalized spacial score (nSPS) is 11.4. The van der Waals surface area contributed by atoms with Crippen LogP contribution < -0.4 is 0 Å². The van der Waals surface area contributed by atoms with Gasteiger partial charge in [0.25, 0.3) is 0 Å². The fourth-order valence-electron chi connectivity index (χ4n) is 2.44. The first-order valence-electron chi connectivity index (χ1n) is 7.16. The molecule has 2 heterocycles. The molecule has 0 unspecified atom stereocenters. The van der Waals surface area contributed by atoms with Crippen LogP contribution in [0.15, 0.2) is 35.7 Å². The Morgan fingerprint density at radius 1 is 1.52 bits per heavy atom. The highest BCUT2D eigenvalue weighted by atomic mass is 16.5. The van der Waals surface area contributed by atoms with Crippen LogP contribution in [0, 0.1) is 6.92 Å². The second-order valence-corrected chi connectivity index (χ2v) is 5.01. The van der Waals surface area contributed by atoms with Crippen molar-refractivity contribution in [2.45, 2.75) is 13.8 Å². The van der Waals surface area contributed by atoms with E-state index in [0.29, 0.717) is 17.9 Å². The standard InChI is InChI=1S/C16H16N4O3/c1-3-23-16(21)14-9-20(19-10(14)2)12-4-5-15-13(6-12)11(7-17-15)8-18-22/h4-9,17,22H,3H2,1-2H3. The molecule has 0 fully saturated rings. The molecule has 118 valence electrons. The number of aromatic amines is 1. The number of rotatable bonds is 4. The van der Waals surface area contributed by atoms with E-state index in [0.717, 1.165) is 22.2 Å². The van der Waals surface area contributed by atoms with E-state index in [4.69, 9.17) is 9.94 Å². The van der Waals surface area contributed by atoms with Crippen molar-refractivity contribution in [3.05, 3.63) is 47.4 Å². The molecule has 7 nitrogen and oxygen atoms in total. The maximum absolute atomic E-state index is 11.9. The van der Waals surface area contributed by atoms with Crippen molar-refractivity contribution >= 4 is 23.1 Å². The Morgan fingerprint density at radius 2 is 2.35 bits per heavy atom. The molecule has 1 aromatic carbocycles.